The molecule has 23 heavy (non-hydrogen) atoms. The number of halogens is 5. The van der Waals surface area contributed by atoms with E-state index < -0.39 is 39.4 Å². The minimum absolute atomic E-state index is 0.676. The predicted octanol–water partition coefficient (Wildman–Crippen LogP) is 4.09. The molecule has 2 rings (SSSR count). The molecule has 0 amide bonds. The second-order valence-electron chi connectivity index (χ2n) is 4.57. The zero-order chi connectivity index (χ0) is 17.5. The molecule has 4 nitrogen and oxygen atoms in total. The Morgan fingerprint density at radius 1 is 1.09 bits per heavy atom. The van der Waals surface area contributed by atoms with Crippen LogP contribution >= 0.6 is 11.3 Å². The number of para-hydroxylation sites is 1. The van der Waals surface area contributed by atoms with Crippen molar-refractivity contribution in [2.75, 3.05) is 0 Å². The molecule has 0 radical (unpaired) electrons. The van der Waals surface area contributed by atoms with Gasteiger partial charge in [-0.25, -0.2) is 0 Å². The lowest BCUT2D eigenvalue weighted by atomic mass is 9.81. The predicted molar refractivity (Wildman–Crippen MR) is 71.4 cm³/mol. The van der Waals surface area contributed by atoms with Crippen LogP contribution in [0.5, 0.6) is 0 Å². The Balaban J connectivity index is 2.84. The average molecular weight is 353 g/mol. The standard InChI is InChI=1S/C13H8F5NO3S/c14-12(15,13(16,17)18)11(20,8-5-6-23-7-8)9-3-1-2-4-10(9)19(21)22/h1-7,20H. The first-order valence-corrected chi connectivity index (χ1v) is 6.91. The van der Waals surface area contributed by atoms with Gasteiger partial charge in [-0.2, -0.15) is 33.3 Å². The molecule has 1 aromatic heterocycles. The Hall–Kier alpha value is -2.07. The summed E-state index contributed by atoms with van der Waals surface area (Å²) in [6.45, 7) is 0. The summed E-state index contributed by atoms with van der Waals surface area (Å²) in [4.78, 5) is 9.86. The number of nitro benzene ring substituents is 1. The van der Waals surface area contributed by atoms with Crippen LogP contribution in [0.4, 0.5) is 27.6 Å². The molecule has 2 aromatic rings. The summed E-state index contributed by atoms with van der Waals surface area (Å²) in [6.07, 6.45) is -6.12. The second-order valence-corrected chi connectivity index (χ2v) is 5.35. The van der Waals surface area contributed by atoms with Crippen molar-refractivity contribution in [1.29, 1.82) is 0 Å². The van der Waals surface area contributed by atoms with Crippen molar-refractivity contribution in [2.24, 2.45) is 0 Å². The van der Waals surface area contributed by atoms with Crippen LogP contribution in [0.2, 0.25) is 0 Å². The zero-order valence-corrected chi connectivity index (χ0v) is 11.9. The molecule has 1 N–H and O–H groups in total. The molecule has 1 aromatic carbocycles. The number of alkyl halides is 5. The molecule has 1 unspecified atom stereocenters. The first kappa shape index (κ1) is 17.3. The fourth-order valence-electron chi connectivity index (χ4n) is 2.12. The third kappa shape index (κ3) is 2.57. The van der Waals surface area contributed by atoms with E-state index in [9.17, 15) is 37.2 Å². The number of hydrogen-bond acceptors (Lipinski definition) is 4. The van der Waals surface area contributed by atoms with Crippen LogP contribution in [0.3, 0.4) is 0 Å². The lowest BCUT2D eigenvalue weighted by Gasteiger charge is -2.36. The fourth-order valence-corrected chi connectivity index (χ4v) is 2.82. The van der Waals surface area contributed by atoms with Gasteiger partial charge in [-0.05, 0) is 22.9 Å². The van der Waals surface area contributed by atoms with Crippen LogP contribution in [0.15, 0.2) is 41.1 Å². The zero-order valence-electron chi connectivity index (χ0n) is 11.1. The first-order valence-electron chi connectivity index (χ1n) is 5.97. The van der Waals surface area contributed by atoms with Crippen LogP contribution in [0.25, 0.3) is 0 Å². The summed E-state index contributed by atoms with van der Waals surface area (Å²) in [6, 6.07) is 4.42. The van der Waals surface area contributed by atoms with Crippen LogP contribution in [-0.2, 0) is 5.60 Å². The van der Waals surface area contributed by atoms with Gasteiger partial charge in [0.25, 0.3) is 5.69 Å². The molecule has 1 atom stereocenters. The highest BCUT2D eigenvalue weighted by Gasteiger charge is 2.72. The van der Waals surface area contributed by atoms with E-state index in [-0.39, 0.29) is 0 Å². The Labute approximate surface area is 129 Å². The Kier molecular flexibility index (Phi) is 4.16. The normalized spacial score (nSPS) is 15.2. The van der Waals surface area contributed by atoms with Crippen molar-refractivity contribution < 1.29 is 32.0 Å². The third-order valence-corrected chi connectivity index (χ3v) is 3.92. The first-order chi connectivity index (χ1) is 10.5. The van der Waals surface area contributed by atoms with Crippen molar-refractivity contribution in [2.45, 2.75) is 17.7 Å². The minimum Gasteiger partial charge on any atom is -0.374 e. The van der Waals surface area contributed by atoms with Gasteiger partial charge in [0.1, 0.15) is 0 Å². The van der Waals surface area contributed by atoms with Crippen molar-refractivity contribution in [3.63, 3.8) is 0 Å². The number of benzene rings is 1. The van der Waals surface area contributed by atoms with Gasteiger partial charge >= 0.3 is 12.1 Å². The van der Waals surface area contributed by atoms with Crippen molar-refractivity contribution in [1.82, 2.24) is 0 Å². The summed E-state index contributed by atoms with van der Waals surface area (Å²) >= 11 is 0.772. The molecule has 0 bridgehead atoms. The second kappa shape index (κ2) is 5.53. The molecule has 0 aliphatic heterocycles. The maximum atomic E-state index is 14.1. The third-order valence-electron chi connectivity index (χ3n) is 3.24. The van der Waals surface area contributed by atoms with Gasteiger partial charge in [0, 0.05) is 11.6 Å². The van der Waals surface area contributed by atoms with E-state index in [1.54, 1.807) is 0 Å². The molecule has 0 spiro atoms. The van der Waals surface area contributed by atoms with E-state index >= 15 is 0 Å². The summed E-state index contributed by atoms with van der Waals surface area (Å²) < 4.78 is 66.7. The Bertz CT molecular complexity index is 717. The molecule has 0 saturated heterocycles. The number of thiophene rings is 1. The Morgan fingerprint density at radius 3 is 2.17 bits per heavy atom. The molecular formula is C13H8F5NO3S. The SMILES string of the molecule is O=[N+]([O-])c1ccccc1C(O)(c1ccsc1)C(F)(F)C(F)(F)F. The van der Waals surface area contributed by atoms with Crippen LogP contribution in [0, 0.1) is 10.1 Å². The van der Waals surface area contributed by atoms with E-state index in [1.807, 2.05) is 0 Å². The van der Waals surface area contributed by atoms with Crippen molar-refractivity contribution >= 4 is 17.0 Å². The topological polar surface area (TPSA) is 63.4 Å². The summed E-state index contributed by atoms with van der Waals surface area (Å²) in [5, 5.41) is 23.4. The molecule has 124 valence electrons. The largest absolute Gasteiger partial charge is 0.457 e. The van der Waals surface area contributed by atoms with E-state index in [0.717, 1.165) is 41.0 Å². The lowest BCUT2D eigenvalue weighted by Crippen LogP contribution is -2.55. The van der Waals surface area contributed by atoms with Gasteiger partial charge in [0.05, 0.1) is 10.5 Å². The van der Waals surface area contributed by atoms with Gasteiger partial charge in [0.15, 0.2) is 5.60 Å². The molecule has 10 heteroatoms. The highest BCUT2D eigenvalue weighted by atomic mass is 32.1. The molecule has 0 fully saturated rings. The van der Waals surface area contributed by atoms with Gasteiger partial charge < -0.3 is 5.11 Å². The smallest absolute Gasteiger partial charge is 0.374 e. The van der Waals surface area contributed by atoms with Crippen LogP contribution < -0.4 is 0 Å². The van der Waals surface area contributed by atoms with E-state index in [0.29, 0.717) is 6.07 Å². The van der Waals surface area contributed by atoms with E-state index in [4.69, 9.17) is 0 Å². The maximum absolute atomic E-state index is 14.1. The molecule has 0 aliphatic rings. The Morgan fingerprint density at radius 2 is 1.70 bits per heavy atom. The van der Waals surface area contributed by atoms with E-state index in [2.05, 4.69) is 0 Å². The van der Waals surface area contributed by atoms with Gasteiger partial charge in [-0.3, -0.25) is 10.1 Å². The molecule has 0 aliphatic carbocycles. The van der Waals surface area contributed by atoms with Crippen LogP contribution in [0.1, 0.15) is 11.1 Å². The monoisotopic (exact) mass is 353 g/mol. The molecular weight excluding hydrogens is 345 g/mol. The maximum Gasteiger partial charge on any atom is 0.457 e. The van der Waals surface area contributed by atoms with Gasteiger partial charge in [-0.1, -0.05) is 12.1 Å². The number of aliphatic hydroxyl groups is 1. The summed E-state index contributed by atoms with van der Waals surface area (Å²) in [5.74, 6) is -5.65. The average Bonchev–Trinajstić information content (AvgIpc) is 2.99. The summed E-state index contributed by atoms with van der Waals surface area (Å²) in [5.41, 5.74) is -6.87. The highest BCUT2D eigenvalue weighted by molar-refractivity contribution is 7.08. The van der Waals surface area contributed by atoms with Gasteiger partial charge in [-0.15, -0.1) is 0 Å². The highest BCUT2D eigenvalue weighted by Crippen LogP contribution is 2.53. The quantitative estimate of drug-likeness (QED) is 0.512. The lowest BCUT2D eigenvalue weighted by molar-refractivity contribution is -0.389. The number of hydrogen-bond donors (Lipinski definition) is 1. The molecule has 1 heterocycles. The summed E-state index contributed by atoms with van der Waals surface area (Å²) in [7, 11) is 0. The van der Waals surface area contributed by atoms with Gasteiger partial charge in [0.2, 0.25) is 0 Å². The van der Waals surface area contributed by atoms with Crippen molar-refractivity contribution in [3.05, 3.63) is 62.3 Å². The number of nitro groups is 1. The number of nitrogens with zero attached hydrogens (tertiary/aromatic N) is 1. The molecule has 0 saturated carbocycles. The fraction of sp³-hybridized carbons (Fsp3) is 0.231. The minimum atomic E-state index is -6.12. The van der Waals surface area contributed by atoms with Crippen LogP contribution in [-0.4, -0.2) is 22.1 Å². The number of rotatable bonds is 4. The van der Waals surface area contributed by atoms with E-state index in [1.165, 1.54) is 5.38 Å². The van der Waals surface area contributed by atoms with Crippen molar-refractivity contribution in [3.8, 4) is 0 Å².